The van der Waals surface area contributed by atoms with Crippen LogP contribution in [-0.2, 0) is 11.3 Å². The first kappa shape index (κ1) is 26.2. The van der Waals surface area contributed by atoms with Gasteiger partial charge in [-0.15, -0.1) is 0 Å². The quantitative estimate of drug-likeness (QED) is 0.127. The van der Waals surface area contributed by atoms with Gasteiger partial charge in [0.25, 0.3) is 11.4 Å². The predicted molar refractivity (Wildman–Crippen MR) is 135 cm³/mol. The smallest absolute Gasteiger partial charge is 0.338 e. The summed E-state index contributed by atoms with van der Waals surface area (Å²) >= 11 is 0. The number of nitro groups is 3. The Labute approximate surface area is 219 Å². The molecular weight excluding hydrogens is 514 g/mol. The van der Waals surface area contributed by atoms with Crippen molar-refractivity contribution in [2.24, 2.45) is 0 Å². The lowest BCUT2D eigenvalue weighted by atomic mass is 10.2. The Morgan fingerprint density at radius 2 is 1.28 bits per heavy atom. The number of non-ortho nitro benzene ring substituents is 2. The van der Waals surface area contributed by atoms with Crippen molar-refractivity contribution in [1.82, 2.24) is 0 Å². The molecule has 0 spiro atoms. The average Bonchev–Trinajstić information content (AvgIpc) is 2.92. The Morgan fingerprint density at radius 1 is 0.641 bits per heavy atom. The zero-order valence-electron chi connectivity index (χ0n) is 19.8. The second kappa shape index (κ2) is 11.5. The molecule has 0 fully saturated rings. The van der Waals surface area contributed by atoms with Crippen molar-refractivity contribution in [3.63, 3.8) is 0 Å². The number of hydrogen-bond donors (Lipinski definition) is 0. The van der Waals surface area contributed by atoms with E-state index in [0.29, 0.717) is 17.1 Å². The SMILES string of the molecule is O=C(OCc1cccc(Oc2ccc([N+](=O)[O-])cc2)c1)c1cccc(Oc2ccc([N+](=O)[O-])cc2[N+](=O)[O-])c1. The Morgan fingerprint density at radius 3 is 1.95 bits per heavy atom. The standard InChI is InChI=1S/C26H17N3O10/c30-26(37-16-17-3-1-5-22(13-17)38-21-10-7-19(8-11-21)27(31)32)18-4-2-6-23(14-18)39-25-12-9-20(28(33)34)15-24(25)29(35)36/h1-15H,16H2. The third-order valence-electron chi connectivity index (χ3n) is 5.20. The van der Waals surface area contributed by atoms with Crippen molar-refractivity contribution < 1.29 is 33.8 Å². The Kier molecular flexibility index (Phi) is 7.71. The second-order valence-electron chi connectivity index (χ2n) is 7.87. The molecule has 0 aliphatic carbocycles. The van der Waals surface area contributed by atoms with Gasteiger partial charge in [-0.25, -0.2) is 4.79 Å². The summed E-state index contributed by atoms with van der Waals surface area (Å²) in [4.78, 5) is 43.6. The highest BCUT2D eigenvalue weighted by molar-refractivity contribution is 5.89. The van der Waals surface area contributed by atoms with Crippen LogP contribution in [0.25, 0.3) is 0 Å². The van der Waals surface area contributed by atoms with Crippen LogP contribution in [-0.4, -0.2) is 20.7 Å². The van der Waals surface area contributed by atoms with Crippen LogP contribution < -0.4 is 9.47 Å². The summed E-state index contributed by atoms with van der Waals surface area (Å²) in [5, 5.41) is 33.1. The third kappa shape index (κ3) is 6.68. The third-order valence-corrected chi connectivity index (χ3v) is 5.20. The molecule has 0 aromatic heterocycles. The number of esters is 1. The van der Waals surface area contributed by atoms with Crippen LogP contribution in [0.5, 0.6) is 23.0 Å². The maximum atomic E-state index is 12.6. The first-order valence-electron chi connectivity index (χ1n) is 11.1. The van der Waals surface area contributed by atoms with Crippen LogP contribution >= 0.6 is 0 Å². The number of ether oxygens (including phenoxy) is 3. The molecule has 0 saturated carbocycles. The highest BCUT2D eigenvalue weighted by Gasteiger charge is 2.21. The van der Waals surface area contributed by atoms with E-state index < -0.39 is 32.1 Å². The van der Waals surface area contributed by atoms with E-state index in [-0.39, 0.29) is 29.4 Å². The molecule has 0 radical (unpaired) electrons. The molecule has 4 aromatic carbocycles. The molecule has 0 saturated heterocycles. The summed E-state index contributed by atoms with van der Waals surface area (Å²) in [6.45, 7) is -0.102. The Bertz CT molecular complexity index is 1570. The molecule has 196 valence electrons. The van der Waals surface area contributed by atoms with Crippen molar-refractivity contribution in [3.05, 3.63) is 132 Å². The lowest BCUT2D eigenvalue weighted by Crippen LogP contribution is -2.05. The molecule has 4 rings (SSSR count). The fraction of sp³-hybridized carbons (Fsp3) is 0.0385. The number of carbonyl (C=O) groups excluding carboxylic acids is 1. The molecule has 13 nitrogen and oxygen atoms in total. The summed E-state index contributed by atoms with van der Waals surface area (Å²) in [6, 6.07) is 21.0. The highest BCUT2D eigenvalue weighted by atomic mass is 16.6. The van der Waals surface area contributed by atoms with E-state index in [0.717, 1.165) is 18.2 Å². The molecule has 0 bridgehead atoms. The van der Waals surface area contributed by atoms with Crippen LogP contribution in [0.3, 0.4) is 0 Å². The number of carbonyl (C=O) groups is 1. The van der Waals surface area contributed by atoms with Gasteiger partial charge in [0.05, 0.1) is 26.4 Å². The number of hydrogen-bond acceptors (Lipinski definition) is 10. The Balaban J connectivity index is 1.41. The van der Waals surface area contributed by atoms with E-state index in [1.165, 1.54) is 48.5 Å². The summed E-state index contributed by atoms with van der Waals surface area (Å²) in [6.07, 6.45) is 0. The van der Waals surface area contributed by atoms with Gasteiger partial charge in [0, 0.05) is 18.2 Å². The van der Waals surface area contributed by atoms with E-state index >= 15 is 0 Å². The van der Waals surface area contributed by atoms with Crippen molar-refractivity contribution in [1.29, 1.82) is 0 Å². The molecule has 13 heteroatoms. The van der Waals surface area contributed by atoms with Gasteiger partial charge in [-0.05, 0) is 54.1 Å². The maximum Gasteiger partial charge on any atom is 0.338 e. The predicted octanol–water partition coefficient (Wildman–Crippen LogP) is 6.35. The first-order valence-corrected chi connectivity index (χ1v) is 11.1. The highest BCUT2D eigenvalue weighted by Crippen LogP contribution is 2.34. The maximum absolute atomic E-state index is 12.6. The van der Waals surface area contributed by atoms with Gasteiger partial charge in [0.1, 0.15) is 23.9 Å². The average molecular weight is 531 g/mol. The molecule has 0 heterocycles. The fourth-order valence-electron chi connectivity index (χ4n) is 3.36. The van der Waals surface area contributed by atoms with Crippen molar-refractivity contribution in [2.45, 2.75) is 6.61 Å². The number of nitrogens with zero attached hydrogens (tertiary/aromatic N) is 3. The van der Waals surface area contributed by atoms with Crippen LogP contribution in [0.1, 0.15) is 15.9 Å². The number of nitro benzene ring substituents is 3. The topological polar surface area (TPSA) is 174 Å². The van der Waals surface area contributed by atoms with Gasteiger partial charge in [-0.3, -0.25) is 30.3 Å². The van der Waals surface area contributed by atoms with E-state index in [4.69, 9.17) is 14.2 Å². The van der Waals surface area contributed by atoms with E-state index in [1.807, 2.05) is 0 Å². The normalized spacial score (nSPS) is 10.4. The number of benzene rings is 4. The zero-order valence-corrected chi connectivity index (χ0v) is 19.8. The van der Waals surface area contributed by atoms with Gasteiger partial charge in [-0.2, -0.15) is 0 Å². The van der Waals surface area contributed by atoms with E-state index in [9.17, 15) is 35.1 Å². The second-order valence-corrected chi connectivity index (χ2v) is 7.87. The molecular formula is C26H17N3O10. The summed E-state index contributed by atoms with van der Waals surface area (Å²) < 4.78 is 16.6. The van der Waals surface area contributed by atoms with Gasteiger partial charge in [0.2, 0.25) is 5.75 Å². The minimum atomic E-state index is -0.806. The monoisotopic (exact) mass is 531 g/mol. The molecule has 0 N–H and O–H groups in total. The van der Waals surface area contributed by atoms with Crippen molar-refractivity contribution >= 4 is 23.0 Å². The van der Waals surface area contributed by atoms with Crippen LogP contribution in [0.2, 0.25) is 0 Å². The molecule has 0 aliphatic heterocycles. The lowest BCUT2D eigenvalue weighted by Gasteiger charge is -2.10. The van der Waals surface area contributed by atoms with Crippen LogP contribution in [0.4, 0.5) is 17.1 Å². The summed E-state index contributed by atoms with van der Waals surface area (Å²) in [7, 11) is 0. The summed E-state index contributed by atoms with van der Waals surface area (Å²) in [5.74, 6) is -0.0292. The molecule has 39 heavy (non-hydrogen) atoms. The van der Waals surface area contributed by atoms with Crippen LogP contribution in [0.15, 0.2) is 91.0 Å². The Hall–Kier alpha value is -5.85. The van der Waals surface area contributed by atoms with Crippen molar-refractivity contribution in [3.8, 4) is 23.0 Å². The van der Waals surface area contributed by atoms with Gasteiger partial charge < -0.3 is 14.2 Å². The zero-order chi connectivity index (χ0) is 27.9. The minimum absolute atomic E-state index is 0.0663. The first-order chi connectivity index (χ1) is 18.7. The van der Waals surface area contributed by atoms with E-state index in [2.05, 4.69) is 0 Å². The fourth-order valence-corrected chi connectivity index (χ4v) is 3.36. The van der Waals surface area contributed by atoms with Gasteiger partial charge >= 0.3 is 11.7 Å². The number of rotatable bonds is 10. The molecule has 0 unspecified atom stereocenters. The molecule has 0 aliphatic rings. The minimum Gasteiger partial charge on any atom is -0.457 e. The van der Waals surface area contributed by atoms with Crippen LogP contribution in [0, 0.1) is 30.3 Å². The lowest BCUT2D eigenvalue weighted by molar-refractivity contribution is -0.394. The van der Waals surface area contributed by atoms with Gasteiger partial charge in [-0.1, -0.05) is 18.2 Å². The molecule has 0 atom stereocenters. The summed E-state index contributed by atoms with van der Waals surface area (Å²) in [5.41, 5.74) is -0.419. The van der Waals surface area contributed by atoms with E-state index in [1.54, 1.807) is 24.3 Å². The molecule has 4 aromatic rings. The largest absolute Gasteiger partial charge is 0.457 e. The van der Waals surface area contributed by atoms with Gasteiger partial charge in [0.15, 0.2) is 0 Å². The van der Waals surface area contributed by atoms with Crippen molar-refractivity contribution in [2.75, 3.05) is 0 Å². The molecule has 0 amide bonds.